The maximum atomic E-state index is 13.6. The van der Waals surface area contributed by atoms with E-state index in [0.29, 0.717) is 47.4 Å². The molecule has 1 fully saturated rings. The summed E-state index contributed by atoms with van der Waals surface area (Å²) >= 11 is 0. The minimum Gasteiger partial charge on any atom is -0.493 e. The number of carbonyl (C=O) groups is 2. The van der Waals surface area contributed by atoms with Gasteiger partial charge in [-0.15, -0.1) is 0 Å². The van der Waals surface area contributed by atoms with Gasteiger partial charge >= 0.3 is 0 Å². The molecule has 0 bridgehead atoms. The number of methoxy groups -OCH3 is 3. The average molecular weight is 453 g/mol. The highest BCUT2D eigenvalue weighted by molar-refractivity contribution is 6.03. The summed E-state index contributed by atoms with van der Waals surface area (Å²) in [5.74, 6) is 1.54. The summed E-state index contributed by atoms with van der Waals surface area (Å²) < 4.78 is 16.2. The number of carbonyl (C=O) groups excluding carboxylic acids is 2. The van der Waals surface area contributed by atoms with E-state index in [1.54, 1.807) is 17.0 Å². The molecule has 7 heteroatoms. The Morgan fingerprint density at radius 2 is 1.70 bits per heavy atom. The van der Waals surface area contributed by atoms with Gasteiger partial charge in [0.15, 0.2) is 11.5 Å². The molecule has 33 heavy (non-hydrogen) atoms. The third-order valence-corrected chi connectivity index (χ3v) is 6.74. The molecule has 0 aromatic heterocycles. The number of nitrogens with zero attached hydrogens (tertiary/aromatic N) is 1. The molecule has 0 saturated heterocycles. The molecule has 176 valence electrons. The van der Waals surface area contributed by atoms with Crippen LogP contribution in [0, 0.1) is 5.92 Å². The Labute approximate surface area is 195 Å². The Morgan fingerprint density at radius 3 is 2.30 bits per heavy atom. The van der Waals surface area contributed by atoms with Crippen LogP contribution >= 0.6 is 0 Å². The van der Waals surface area contributed by atoms with Gasteiger partial charge < -0.3 is 24.4 Å². The highest BCUT2D eigenvalue weighted by Gasteiger charge is 2.37. The van der Waals surface area contributed by atoms with E-state index >= 15 is 0 Å². The Hall–Kier alpha value is -3.22. The molecule has 7 nitrogen and oxygen atoms in total. The zero-order valence-corrected chi connectivity index (χ0v) is 19.6. The molecule has 0 unspecified atom stereocenters. The van der Waals surface area contributed by atoms with Gasteiger partial charge in [0.2, 0.25) is 11.7 Å². The van der Waals surface area contributed by atoms with Gasteiger partial charge in [-0.2, -0.15) is 0 Å². The van der Waals surface area contributed by atoms with Crippen LogP contribution in [0.25, 0.3) is 0 Å². The monoisotopic (exact) mass is 452 g/mol. The molecule has 1 aliphatic carbocycles. The van der Waals surface area contributed by atoms with Gasteiger partial charge in [-0.1, -0.05) is 50.3 Å². The average Bonchev–Trinajstić information content (AvgIpc) is 3.18. The standard InChI is InChI=1S/C26H32N2O5/c1-31-22-14-19(15-23(32-2)24(22)33-3)27-25(29)21(13-17-9-5-4-6-10-17)28-16-18-11-7-8-12-20(18)26(28)30/h7-8,11-12,14-15,17,21H,4-6,9-10,13,16H2,1-3H3,(H,27,29)/t21-/m1/s1. The van der Waals surface area contributed by atoms with Crippen LogP contribution in [-0.4, -0.2) is 44.1 Å². The highest BCUT2D eigenvalue weighted by Crippen LogP contribution is 2.40. The van der Waals surface area contributed by atoms with Crippen molar-refractivity contribution in [3.05, 3.63) is 47.5 Å². The summed E-state index contributed by atoms with van der Waals surface area (Å²) in [5, 5.41) is 3.01. The fourth-order valence-corrected chi connectivity index (χ4v) is 5.02. The predicted molar refractivity (Wildman–Crippen MR) is 126 cm³/mol. The molecule has 2 aromatic rings. The highest BCUT2D eigenvalue weighted by atomic mass is 16.5. The molecule has 1 N–H and O–H groups in total. The predicted octanol–water partition coefficient (Wildman–Crippen LogP) is 4.65. The van der Waals surface area contributed by atoms with Crippen LogP contribution in [-0.2, 0) is 11.3 Å². The minimum atomic E-state index is -0.549. The number of fused-ring (bicyclic) bond motifs is 1. The number of hydrogen-bond acceptors (Lipinski definition) is 5. The molecule has 1 heterocycles. The first-order valence-electron chi connectivity index (χ1n) is 11.6. The van der Waals surface area contributed by atoms with Crippen molar-refractivity contribution < 1.29 is 23.8 Å². The molecule has 1 atom stereocenters. The van der Waals surface area contributed by atoms with E-state index in [4.69, 9.17) is 14.2 Å². The quantitative estimate of drug-likeness (QED) is 0.631. The number of anilines is 1. The lowest BCUT2D eigenvalue weighted by Crippen LogP contribution is -2.45. The van der Waals surface area contributed by atoms with Crippen molar-refractivity contribution in [3.8, 4) is 17.2 Å². The van der Waals surface area contributed by atoms with Gasteiger partial charge in [0.05, 0.1) is 21.3 Å². The molecule has 1 saturated carbocycles. The van der Waals surface area contributed by atoms with Gasteiger partial charge in [-0.25, -0.2) is 0 Å². The third kappa shape index (κ3) is 4.77. The summed E-state index contributed by atoms with van der Waals surface area (Å²) in [6.45, 7) is 0.453. The Bertz CT molecular complexity index is 990. The number of benzene rings is 2. The number of nitrogens with one attached hydrogen (secondary N) is 1. The second-order valence-electron chi connectivity index (χ2n) is 8.75. The number of rotatable bonds is 8. The van der Waals surface area contributed by atoms with E-state index in [1.807, 2.05) is 24.3 Å². The first kappa shape index (κ1) is 23.0. The molecular weight excluding hydrogens is 420 g/mol. The number of hydrogen-bond donors (Lipinski definition) is 1. The fourth-order valence-electron chi connectivity index (χ4n) is 5.02. The summed E-state index contributed by atoms with van der Waals surface area (Å²) in [4.78, 5) is 28.5. The van der Waals surface area contributed by atoms with Crippen molar-refractivity contribution in [1.82, 2.24) is 4.90 Å². The van der Waals surface area contributed by atoms with E-state index in [2.05, 4.69) is 5.32 Å². The van der Waals surface area contributed by atoms with E-state index in [-0.39, 0.29) is 11.8 Å². The topological polar surface area (TPSA) is 77.1 Å². The minimum absolute atomic E-state index is 0.0774. The lowest BCUT2D eigenvalue weighted by Gasteiger charge is -2.31. The van der Waals surface area contributed by atoms with E-state index in [9.17, 15) is 9.59 Å². The lowest BCUT2D eigenvalue weighted by molar-refractivity contribution is -0.121. The van der Waals surface area contributed by atoms with Crippen LogP contribution in [0.15, 0.2) is 36.4 Å². The lowest BCUT2D eigenvalue weighted by atomic mass is 9.84. The van der Waals surface area contributed by atoms with Crippen molar-refractivity contribution in [2.24, 2.45) is 5.92 Å². The number of ether oxygens (including phenoxy) is 3. The van der Waals surface area contributed by atoms with Crippen LogP contribution in [0.3, 0.4) is 0 Å². The molecular formula is C26H32N2O5. The molecule has 0 spiro atoms. The number of amides is 2. The molecule has 1 aliphatic heterocycles. The van der Waals surface area contributed by atoms with Crippen molar-refractivity contribution in [2.45, 2.75) is 51.1 Å². The van der Waals surface area contributed by atoms with Crippen molar-refractivity contribution >= 4 is 17.5 Å². The van der Waals surface area contributed by atoms with Crippen LogP contribution in [0.5, 0.6) is 17.2 Å². The summed E-state index contributed by atoms with van der Waals surface area (Å²) in [6.07, 6.45) is 6.47. The Balaban J connectivity index is 1.60. The van der Waals surface area contributed by atoms with Crippen LogP contribution in [0.4, 0.5) is 5.69 Å². The first-order valence-corrected chi connectivity index (χ1v) is 11.6. The largest absolute Gasteiger partial charge is 0.493 e. The smallest absolute Gasteiger partial charge is 0.255 e. The second-order valence-corrected chi connectivity index (χ2v) is 8.75. The maximum Gasteiger partial charge on any atom is 0.255 e. The van der Waals surface area contributed by atoms with Gasteiger partial charge in [0.1, 0.15) is 6.04 Å². The second kappa shape index (κ2) is 10.1. The first-order chi connectivity index (χ1) is 16.0. The molecule has 2 amide bonds. The van der Waals surface area contributed by atoms with Crippen molar-refractivity contribution in [2.75, 3.05) is 26.6 Å². The summed E-state index contributed by atoms with van der Waals surface area (Å²) in [7, 11) is 4.61. The van der Waals surface area contributed by atoms with E-state index < -0.39 is 6.04 Å². The van der Waals surface area contributed by atoms with Crippen molar-refractivity contribution in [3.63, 3.8) is 0 Å². The molecule has 2 aromatic carbocycles. The van der Waals surface area contributed by atoms with Gasteiger partial charge in [0.25, 0.3) is 5.91 Å². The fraction of sp³-hybridized carbons (Fsp3) is 0.462. The maximum absolute atomic E-state index is 13.6. The molecule has 0 radical (unpaired) electrons. The van der Waals surface area contributed by atoms with Gasteiger partial charge in [-0.05, 0) is 24.0 Å². The summed E-state index contributed by atoms with van der Waals surface area (Å²) in [5.41, 5.74) is 2.19. The summed E-state index contributed by atoms with van der Waals surface area (Å²) in [6, 6.07) is 10.5. The van der Waals surface area contributed by atoms with Crippen molar-refractivity contribution in [1.29, 1.82) is 0 Å². The zero-order valence-electron chi connectivity index (χ0n) is 19.6. The normalized spacial score (nSPS) is 16.8. The SMILES string of the molecule is COc1cc(NC(=O)[C@@H](CC2CCCCC2)N2Cc3ccccc3C2=O)cc(OC)c1OC. The zero-order chi connectivity index (χ0) is 23.4. The van der Waals surface area contributed by atoms with Gasteiger partial charge in [-0.3, -0.25) is 9.59 Å². The van der Waals surface area contributed by atoms with Crippen LogP contribution in [0.1, 0.15) is 54.4 Å². The van der Waals surface area contributed by atoms with Crippen LogP contribution in [0.2, 0.25) is 0 Å². The third-order valence-electron chi connectivity index (χ3n) is 6.74. The van der Waals surface area contributed by atoms with Gasteiger partial charge in [0, 0.05) is 29.9 Å². The Kier molecular flexibility index (Phi) is 7.06. The molecule has 4 rings (SSSR count). The van der Waals surface area contributed by atoms with Crippen LogP contribution < -0.4 is 19.5 Å². The van der Waals surface area contributed by atoms with E-state index in [1.165, 1.54) is 40.6 Å². The molecule has 2 aliphatic rings. The van der Waals surface area contributed by atoms with E-state index in [0.717, 1.165) is 18.4 Å². The Morgan fingerprint density at radius 1 is 1.03 bits per heavy atom.